The number of benzene rings is 9. The molecule has 1 aliphatic rings. The number of rotatable bonds is 4. The van der Waals surface area contributed by atoms with Crippen molar-refractivity contribution in [3.8, 4) is 22.3 Å². The van der Waals surface area contributed by atoms with Gasteiger partial charge in [0.1, 0.15) is 27.9 Å². The largest absolute Gasteiger partial charge is 0.456 e. The van der Waals surface area contributed by atoms with Crippen molar-refractivity contribution in [2.24, 2.45) is 0 Å². The predicted molar refractivity (Wildman–Crippen MR) is 243 cm³/mol. The van der Waals surface area contributed by atoms with Gasteiger partial charge in [-0.3, -0.25) is 0 Å². The van der Waals surface area contributed by atoms with Crippen LogP contribution in [-0.4, -0.2) is 0 Å². The van der Waals surface area contributed by atoms with Crippen LogP contribution >= 0.6 is 0 Å². The van der Waals surface area contributed by atoms with Gasteiger partial charge in [0.2, 0.25) is 0 Å². The second kappa shape index (κ2) is 11.7. The molecule has 0 spiro atoms. The fourth-order valence-electron chi connectivity index (χ4n) is 10.2. The summed E-state index contributed by atoms with van der Waals surface area (Å²) in [5.41, 5.74) is 15.1. The number of anilines is 3. The molecule has 12 aromatic rings. The molecule has 0 amide bonds. The lowest BCUT2D eigenvalue weighted by molar-refractivity contribution is 0.660. The van der Waals surface area contributed by atoms with Crippen LogP contribution in [0.4, 0.5) is 17.1 Å². The van der Waals surface area contributed by atoms with Gasteiger partial charge in [0, 0.05) is 59.9 Å². The van der Waals surface area contributed by atoms with Crippen LogP contribution in [0, 0.1) is 0 Å². The highest BCUT2D eigenvalue weighted by atomic mass is 16.3. The van der Waals surface area contributed by atoms with E-state index in [1.54, 1.807) is 0 Å². The van der Waals surface area contributed by atoms with Gasteiger partial charge in [-0.25, -0.2) is 0 Å². The molecule has 59 heavy (non-hydrogen) atoms. The molecule has 3 aromatic heterocycles. The van der Waals surface area contributed by atoms with Gasteiger partial charge in [-0.2, -0.15) is 0 Å². The summed E-state index contributed by atoms with van der Waals surface area (Å²) in [6, 6.07) is 62.8. The summed E-state index contributed by atoms with van der Waals surface area (Å²) in [5.74, 6) is 0. The lowest BCUT2D eigenvalue weighted by atomic mass is 9.82. The third-order valence-electron chi connectivity index (χ3n) is 12.9. The number of hydrogen-bond donors (Lipinski definition) is 0. The second-order valence-corrected chi connectivity index (χ2v) is 16.4. The Kier molecular flexibility index (Phi) is 6.48. The first-order valence-corrected chi connectivity index (χ1v) is 20.3. The molecule has 0 aliphatic heterocycles. The summed E-state index contributed by atoms with van der Waals surface area (Å²) < 4.78 is 20.5. The standard InChI is InChI=1S/C55H35NO3/c1-55(2)43-21-8-5-16-35(43)36-26-25-33(31-44(36)55)56(45-22-11-14-32-13-3-4-15-34(32)45)52-38(40-20-12-19-39-37-17-6-9-23-46(37)58-53(39)40)27-28-42-51-49(59-54(42)52)30-29-48-50(51)41-18-7-10-24-47(41)57-48/h3-31H,1-2H3. The zero-order valence-electron chi connectivity index (χ0n) is 32.4. The summed E-state index contributed by atoms with van der Waals surface area (Å²) in [6.45, 7) is 4.69. The second-order valence-electron chi connectivity index (χ2n) is 16.4. The number of para-hydroxylation sites is 3. The summed E-state index contributed by atoms with van der Waals surface area (Å²) in [6.07, 6.45) is 0. The first-order chi connectivity index (χ1) is 29.0. The monoisotopic (exact) mass is 757 g/mol. The van der Waals surface area contributed by atoms with E-state index in [9.17, 15) is 0 Å². The topological polar surface area (TPSA) is 42.7 Å². The zero-order chi connectivity index (χ0) is 39.0. The average molecular weight is 758 g/mol. The number of fused-ring (bicyclic) bond motifs is 14. The average Bonchev–Trinajstić information content (AvgIpc) is 4.02. The van der Waals surface area contributed by atoms with Crippen LogP contribution in [0.1, 0.15) is 25.0 Å². The normalized spacial score (nSPS) is 13.4. The minimum absolute atomic E-state index is 0.200. The number of furan rings is 3. The van der Waals surface area contributed by atoms with E-state index in [2.05, 4.69) is 170 Å². The Bertz CT molecular complexity index is 3720. The first-order valence-electron chi connectivity index (χ1n) is 20.3. The third kappa shape index (κ3) is 4.43. The fraction of sp³-hybridized carbons (Fsp3) is 0.0545. The number of nitrogens with zero attached hydrogens (tertiary/aromatic N) is 1. The Morgan fingerprint density at radius 2 is 1.00 bits per heavy atom. The minimum Gasteiger partial charge on any atom is -0.456 e. The highest BCUT2D eigenvalue weighted by Gasteiger charge is 2.36. The molecule has 0 saturated carbocycles. The van der Waals surface area contributed by atoms with E-state index in [1.807, 2.05) is 24.3 Å². The summed E-state index contributed by atoms with van der Waals surface area (Å²) in [7, 11) is 0. The van der Waals surface area contributed by atoms with Crippen molar-refractivity contribution in [2.75, 3.05) is 4.90 Å². The van der Waals surface area contributed by atoms with Gasteiger partial charge in [-0.15, -0.1) is 0 Å². The maximum absolute atomic E-state index is 7.25. The van der Waals surface area contributed by atoms with Gasteiger partial charge in [0.15, 0.2) is 5.58 Å². The summed E-state index contributed by atoms with van der Waals surface area (Å²) in [5, 5.41) is 8.66. The van der Waals surface area contributed by atoms with Crippen LogP contribution in [0.3, 0.4) is 0 Å². The van der Waals surface area contributed by atoms with E-state index >= 15 is 0 Å². The van der Waals surface area contributed by atoms with Crippen LogP contribution in [-0.2, 0) is 5.41 Å². The highest BCUT2D eigenvalue weighted by molar-refractivity contribution is 6.28. The van der Waals surface area contributed by atoms with E-state index in [0.717, 1.165) is 105 Å². The van der Waals surface area contributed by atoms with Crippen molar-refractivity contribution in [2.45, 2.75) is 19.3 Å². The molecule has 0 saturated heterocycles. The number of hydrogen-bond acceptors (Lipinski definition) is 4. The molecule has 0 fully saturated rings. The van der Waals surface area contributed by atoms with Gasteiger partial charge in [-0.1, -0.05) is 141 Å². The van der Waals surface area contributed by atoms with Crippen molar-refractivity contribution in [3.05, 3.63) is 187 Å². The van der Waals surface area contributed by atoms with E-state index in [-0.39, 0.29) is 5.41 Å². The van der Waals surface area contributed by atoms with Crippen LogP contribution in [0.5, 0.6) is 0 Å². The molecule has 0 unspecified atom stereocenters. The summed E-state index contributed by atoms with van der Waals surface area (Å²) >= 11 is 0. The van der Waals surface area contributed by atoms with E-state index in [0.29, 0.717) is 0 Å². The Labute approximate surface area is 339 Å². The minimum atomic E-state index is -0.200. The van der Waals surface area contributed by atoms with Crippen LogP contribution < -0.4 is 4.90 Å². The molecule has 4 nitrogen and oxygen atoms in total. The Morgan fingerprint density at radius 3 is 1.88 bits per heavy atom. The van der Waals surface area contributed by atoms with Gasteiger partial charge < -0.3 is 18.2 Å². The van der Waals surface area contributed by atoms with E-state index in [4.69, 9.17) is 13.3 Å². The van der Waals surface area contributed by atoms with Crippen LogP contribution in [0.25, 0.3) is 98.8 Å². The fourth-order valence-corrected chi connectivity index (χ4v) is 10.2. The Hall–Kier alpha value is -7.56. The summed E-state index contributed by atoms with van der Waals surface area (Å²) in [4.78, 5) is 2.44. The predicted octanol–water partition coefficient (Wildman–Crippen LogP) is 16.0. The third-order valence-corrected chi connectivity index (χ3v) is 12.9. The SMILES string of the molecule is CC1(C)c2ccccc2-c2ccc(N(c3cccc4ccccc34)c3c(-c4cccc5c4oc4ccccc45)ccc4c3oc3ccc5oc6ccccc6c5c34)cc21. The van der Waals surface area contributed by atoms with E-state index in [1.165, 1.54) is 22.3 Å². The molecule has 0 N–H and O–H groups in total. The van der Waals surface area contributed by atoms with Crippen molar-refractivity contribution in [3.63, 3.8) is 0 Å². The Morgan fingerprint density at radius 1 is 0.390 bits per heavy atom. The molecule has 278 valence electrons. The molecule has 4 heteroatoms. The maximum Gasteiger partial charge on any atom is 0.160 e. The lowest BCUT2D eigenvalue weighted by Gasteiger charge is -2.30. The smallest absolute Gasteiger partial charge is 0.160 e. The highest BCUT2D eigenvalue weighted by Crippen LogP contribution is 2.55. The van der Waals surface area contributed by atoms with Gasteiger partial charge in [0.25, 0.3) is 0 Å². The molecule has 0 radical (unpaired) electrons. The molecular formula is C55H35NO3. The lowest BCUT2D eigenvalue weighted by Crippen LogP contribution is -2.17. The molecule has 9 aromatic carbocycles. The van der Waals surface area contributed by atoms with Crippen molar-refractivity contribution >= 4 is 93.7 Å². The van der Waals surface area contributed by atoms with Crippen molar-refractivity contribution < 1.29 is 13.3 Å². The van der Waals surface area contributed by atoms with Gasteiger partial charge in [0.05, 0.1) is 11.4 Å². The van der Waals surface area contributed by atoms with Crippen molar-refractivity contribution in [1.29, 1.82) is 0 Å². The molecular weight excluding hydrogens is 723 g/mol. The molecule has 13 rings (SSSR count). The maximum atomic E-state index is 7.25. The van der Waals surface area contributed by atoms with Crippen LogP contribution in [0.15, 0.2) is 189 Å². The van der Waals surface area contributed by atoms with E-state index < -0.39 is 0 Å². The first kappa shape index (κ1) is 32.5. The quantitative estimate of drug-likeness (QED) is 0.179. The molecule has 0 bridgehead atoms. The molecule has 0 atom stereocenters. The van der Waals surface area contributed by atoms with Crippen molar-refractivity contribution in [1.82, 2.24) is 0 Å². The zero-order valence-corrected chi connectivity index (χ0v) is 32.4. The van der Waals surface area contributed by atoms with Crippen LogP contribution in [0.2, 0.25) is 0 Å². The molecule has 3 heterocycles. The van der Waals surface area contributed by atoms with Gasteiger partial charge >= 0.3 is 0 Å². The Balaban J connectivity index is 1.20. The van der Waals surface area contributed by atoms with Gasteiger partial charge in [-0.05, 0) is 76.2 Å². The molecule has 1 aliphatic carbocycles.